The third-order valence-corrected chi connectivity index (χ3v) is 6.54. The summed E-state index contributed by atoms with van der Waals surface area (Å²) in [5, 5.41) is 2.12. The number of nitrogens with zero attached hydrogens (tertiary/aromatic N) is 2. The highest BCUT2D eigenvalue weighted by molar-refractivity contribution is 8.15. The van der Waals surface area contributed by atoms with Crippen LogP contribution in [0.4, 0.5) is 15.8 Å². The first-order valence-electron chi connectivity index (χ1n) is 11.4. The summed E-state index contributed by atoms with van der Waals surface area (Å²) in [7, 11) is 0. The molecule has 0 spiro atoms. The highest BCUT2D eigenvalue weighted by Crippen LogP contribution is 2.31. The number of esters is 1. The summed E-state index contributed by atoms with van der Waals surface area (Å²) in [6.07, 6.45) is -0.0569. The number of amides is 2. The number of carbonyl (C=O) groups excluding carboxylic acids is 3. The number of ether oxygens (including phenoxy) is 1. The molecule has 4 rings (SSSR count). The van der Waals surface area contributed by atoms with Gasteiger partial charge in [-0.15, -0.1) is 0 Å². The lowest BCUT2D eigenvalue weighted by molar-refractivity contribution is -0.129. The van der Waals surface area contributed by atoms with Crippen molar-refractivity contribution in [2.75, 3.05) is 11.9 Å². The van der Waals surface area contributed by atoms with Crippen LogP contribution in [0.25, 0.3) is 0 Å². The Morgan fingerprint density at radius 1 is 1.06 bits per heavy atom. The number of para-hydroxylation sites is 1. The van der Waals surface area contributed by atoms with E-state index in [4.69, 9.17) is 4.74 Å². The Labute approximate surface area is 212 Å². The number of anilines is 1. The minimum Gasteiger partial charge on any atom is -0.462 e. The molecule has 0 saturated carbocycles. The second-order valence-electron chi connectivity index (χ2n) is 7.91. The number of hydrogen-bond acceptors (Lipinski definition) is 6. The predicted octanol–water partition coefficient (Wildman–Crippen LogP) is 5.16. The number of benzene rings is 3. The summed E-state index contributed by atoms with van der Waals surface area (Å²) >= 11 is 1.14. The number of hydrogen-bond donors (Lipinski definition) is 1. The van der Waals surface area contributed by atoms with Crippen molar-refractivity contribution in [1.29, 1.82) is 0 Å². The molecule has 36 heavy (non-hydrogen) atoms. The van der Waals surface area contributed by atoms with Crippen molar-refractivity contribution in [2.45, 2.75) is 25.1 Å². The Balaban J connectivity index is 1.60. The molecule has 1 fully saturated rings. The molecule has 0 radical (unpaired) electrons. The van der Waals surface area contributed by atoms with Gasteiger partial charge >= 0.3 is 5.97 Å². The van der Waals surface area contributed by atoms with Gasteiger partial charge in [-0.05, 0) is 48.9 Å². The highest BCUT2D eigenvalue weighted by Gasteiger charge is 2.36. The molecule has 1 aliphatic heterocycles. The molecule has 1 N–H and O–H groups in total. The molecule has 0 aliphatic carbocycles. The molecule has 7 nitrogen and oxygen atoms in total. The lowest BCUT2D eigenvalue weighted by atomic mass is 10.2. The minimum absolute atomic E-state index is 0.0512. The van der Waals surface area contributed by atoms with Crippen LogP contribution in [0.15, 0.2) is 83.9 Å². The van der Waals surface area contributed by atoms with Crippen molar-refractivity contribution in [1.82, 2.24) is 4.90 Å². The second kappa shape index (κ2) is 11.6. The fourth-order valence-electron chi connectivity index (χ4n) is 3.54. The van der Waals surface area contributed by atoms with Crippen LogP contribution in [0.1, 0.15) is 29.3 Å². The molecule has 0 aromatic heterocycles. The van der Waals surface area contributed by atoms with Crippen LogP contribution < -0.4 is 5.32 Å². The van der Waals surface area contributed by atoms with E-state index in [0.717, 1.165) is 17.3 Å². The van der Waals surface area contributed by atoms with Crippen LogP contribution in [-0.4, -0.2) is 39.7 Å². The Morgan fingerprint density at radius 3 is 2.44 bits per heavy atom. The van der Waals surface area contributed by atoms with Gasteiger partial charge in [-0.3, -0.25) is 14.5 Å². The van der Waals surface area contributed by atoms with E-state index < -0.39 is 22.9 Å². The molecule has 1 atom stereocenters. The average Bonchev–Trinajstić information content (AvgIpc) is 2.88. The molecular formula is C27H24FN3O4S. The fraction of sp³-hybridized carbons (Fsp3) is 0.185. The lowest BCUT2D eigenvalue weighted by Gasteiger charge is -2.32. The molecule has 1 aliphatic rings. The number of aliphatic imine (C=N–C) groups is 1. The quantitative estimate of drug-likeness (QED) is 0.448. The Hall–Kier alpha value is -3.98. The van der Waals surface area contributed by atoms with E-state index in [-0.39, 0.29) is 31.2 Å². The molecule has 3 aromatic rings. The van der Waals surface area contributed by atoms with E-state index in [1.807, 2.05) is 30.3 Å². The van der Waals surface area contributed by atoms with Crippen LogP contribution >= 0.6 is 11.8 Å². The third kappa shape index (κ3) is 6.17. The third-order valence-electron chi connectivity index (χ3n) is 5.35. The smallest absolute Gasteiger partial charge is 0.338 e. The number of amidine groups is 1. The van der Waals surface area contributed by atoms with Crippen molar-refractivity contribution in [3.63, 3.8) is 0 Å². The number of thioether (sulfide) groups is 1. The highest BCUT2D eigenvalue weighted by atomic mass is 32.2. The van der Waals surface area contributed by atoms with E-state index in [1.54, 1.807) is 37.3 Å². The molecule has 2 amide bonds. The van der Waals surface area contributed by atoms with Gasteiger partial charge in [0.15, 0.2) is 5.17 Å². The van der Waals surface area contributed by atoms with Gasteiger partial charge in [-0.2, -0.15) is 0 Å². The van der Waals surface area contributed by atoms with E-state index in [1.165, 1.54) is 23.1 Å². The van der Waals surface area contributed by atoms with Gasteiger partial charge in [0.05, 0.1) is 30.1 Å². The SMILES string of the molecule is CCOC(=O)c1ccc(N=C2SC(C(=O)Nc3ccccc3F)CC(=O)N2Cc2ccccc2)cc1. The number of carbonyl (C=O) groups is 3. The van der Waals surface area contributed by atoms with Gasteiger partial charge in [0.1, 0.15) is 11.1 Å². The van der Waals surface area contributed by atoms with Gasteiger partial charge < -0.3 is 10.1 Å². The zero-order valence-corrected chi connectivity index (χ0v) is 20.3. The Bertz CT molecular complexity index is 1280. The van der Waals surface area contributed by atoms with Crippen LogP contribution in [0, 0.1) is 5.82 Å². The van der Waals surface area contributed by atoms with Crippen molar-refractivity contribution in [2.24, 2.45) is 4.99 Å². The standard InChI is InChI=1S/C27H24FN3O4S/c1-2-35-26(34)19-12-14-20(15-13-19)29-27-31(17-18-8-4-3-5-9-18)24(32)16-23(36-27)25(33)30-22-11-7-6-10-21(22)28/h3-15,23H,2,16-17H2,1H3,(H,30,33). The molecule has 1 saturated heterocycles. The summed E-state index contributed by atoms with van der Waals surface area (Å²) in [6.45, 7) is 2.29. The van der Waals surface area contributed by atoms with Crippen LogP contribution in [0.2, 0.25) is 0 Å². The molecular weight excluding hydrogens is 481 g/mol. The van der Waals surface area contributed by atoms with Crippen molar-refractivity contribution in [3.8, 4) is 0 Å². The summed E-state index contributed by atoms with van der Waals surface area (Å²) < 4.78 is 19.1. The normalized spacial score (nSPS) is 16.6. The van der Waals surface area contributed by atoms with Crippen LogP contribution in [0.3, 0.4) is 0 Å². The molecule has 0 bridgehead atoms. The van der Waals surface area contributed by atoms with Crippen LogP contribution in [0.5, 0.6) is 0 Å². The van der Waals surface area contributed by atoms with Gasteiger partial charge in [0.2, 0.25) is 11.8 Å². The summed E-state index contributed by atoms with van der Waals surface area (Å²) in [5.41, 5.74) is 1.85. The van der Waals surface area contributed by atoms with Gasteiger partial charge in [0.25, 0.3) is 0 Å². The minimum atomic E-state index is -0.790. The average molecular weight is 506 g/mol. The lowest BCUT2D eigenvalue weighted by Crippen LogP contribution is -2.44. The Kier molecular flexibility index (Phi) is 8.12. The zero-order valence-electron chi connectivity index (χ0n) is 19.5. The van der Waals surface area contributed by atoms with E-state index >= 15 is 0 Å². The second-order valence-corrected chi connectivity index (χ2v) is 9.08. The van der Waals surface area contributed by atoms with E-state index in [0.29, 0.717) is 16.4 Å². The fourth-order valence-corrected chi connectivity index (χ4v) is 4.63. The van der Waals surface area contributed by atoms with Crippen molar-refractivity contribution < 1.29 is 23.5 Å². The molecule has 184 valence electrons. The largest absolute Gasteiger partial charge is 0.462 e. The first kappa shape index (κ1) is 25.1. The number of rotatable bonds is 7. The van der Waals surface area contributed by atoms with Gasteiger partial charge in [-0.1, -0.05) is 54.2 Å². The maximum absolute atomic E-state index is 14.0. The van der Waals surface area contributed by atoms with E-state index in [2.05, 4.69) is 10.3 Å². The van der Waals surface area contributed by atoms with Gasteiger partial charge in [-0.25, -0.2) is 14.2 Å². The van der Waals surface area contributed by atoms with Crippen molar-refractivity contribution >= 4 is 46.1 Å². The summed E-state index contributed by atoms with van der Waals surface area (Å²) in [6, 6.07) is 21.8. The van der Waals surface area contributed by atoms with Crippen molar-refractivity contribution in [3.05, 3.63) is 95.8 Å². The summed E-state index contributed by atoms with van der Waals surface area (Å²) in [4.78, 5) is 44.2. The molecule has 1 unspecified atom stereocenters. The predicted molar refractivity (Wildman–Crippen MR) is 138 cm³/mol. The number of halogens is 1. The van der Waals surface area contributed by atoms with Crippen LogP contribution in [-0.2, 0) is 20.9 Å². The Morgan fingerprint density at radius 2 is 1.75 bits per heavy atom. The van der Waals surface area contributed by atoms with Gasteiger partial charge in [0, 0.05) is 6.42 Å². The molecule has 9 heteroatoms. The zero-order chi connectivity index (χ0) is 25.5. The molecule has 1 heterocycles. The maximum atomic E-state index is 14.0. The topological polar surface area (TPSA) is 88.1 Å². The number of nitrogens with one attached hydrogen (secondary N) is 1. The maximum Gasteiger partial charge on any atom is 0.338 e. The first-order valence-corrected chi connectivity index (χ1v) is 12.2. The van der Waals surface area contributed by atoms with E-state index in [9.17, 15) is 18.8 Å². The first-order chi connectivity index (χ1) is 17.4. The summed E-state index contributed by atoms with van der Waals surface area (Å²) in [5.74, 6) is -1.75. The molecule has 3 aromatic carbocycles. The monoisotopic (exact) mass is 505 g/mol.